The Labute approximate surface area is 94.7 Å². The lowest BCUT2D eigenvalue weighted by Crippen LogP contribution is -2.32. The number of rotatable bonds is 3. The summed E-state index contributed by atoms with van der Waals surface area (Å²) < 4.78 is 0. The van der Waals surface area contributed by atoms with Crippen LogP contribution in [0.5, 0.6) is 0 Å². The molecule has 0 saturated heterocycles. The van der Waals surface area contributed by atoms with Crippen molar-refractivity contribution in [3.8, 4) is 0 Å². The normalized spacial score (nSPS) is 24.3. The highest BCUT2D eigenvalue weighted by atomic mass is 16.3. The van der Waals surface area contributed by atoms with Gasteiger partial charge in [-0.15, -0.1) is 0 Å². The van der Waals surface area contributed by atoms with E-state index >= 15 is 0 Å². The number of aliphatic hydroxyl groups excluding tert-OH is 1. The molecule has 2 atom stereocenters. The quantitative estimate of drug-likeness (QED) is 0.798. The molecule has 1 aromatic heterocycles. The topological polar surface area (TPSA) is 62.2 Å². The van der Waals surface area contributed by atoms with Gasteiger partial charge >= 0.3 is 0 Å². The van der Waals surface area contributed by atoms with Crippen molar-refractivity contribution in [2.75, 3.05) is 6.54 Å². The van der Waals surface area contributed by atoms with Crippen LogP contribution in [0.1, 0.15) is 29.8 Å². The molecule has 4 nitrogen and oxygen atoms in total. The van der Waals surface area contributed by atoms with E-state index in [1.807, 2.05) is 0 Å². The summed E-state index contributed by atoms with van der Waals surface area (Å²) in [5, 5.41) is 12.4. The molecular weight excluding hydrogens is 204 g/mol. The number of aliphatic hydroxyl groups is 1. The number of amides is 1. The second-order valence-corrected chi connectivity index (χ2v) is 4.18. The Morgan fingerprint density at radius 2 is 2.38 bits per heavy atom. The number of carbonyl (C=O) groups is 1. The summed E-state index contributed by atoms with van der Waals surface area (Å²) in [6.07, 6.45) is 4.22. The second kappa shape index (κ2) is 5.07. The minimum atomic E-state index is -0.260. The van der Waals surface area contributed by atoms with Gasteiger partial charge in [-0.05, 0) is 25.0 Å². The van der Waals surface area contributed by atoms with E-state index in [1.165, 1.54) is 0 Å². The number of nitrogens with zero attached hydrogens (tertiary/aromatic N) is 1. The number of hydrogen-bond donors (Lipinski definition) is 2. The van der Waals surface area contributed by atoms with E-state index in [2.05, 4.69) is 10.3 Å². The molecular formula is C12H16N2O2. The van der Waals surface area contributed by atoms with Crippen LogP contribution in [0.25, 0.3) is 0 Å². The van der Waals surface area contributed by atoms with Gasteiger partial charge in [-0.25, -0.2) is 0 Å². The van der Waals surface area contributed by atoms with Crippen molar-refractivity contribution in [2.45, 2.75) is 25.4 Å². The largest absolute Gasteiger partial charge is 0.393 e. The maximum absolute atomic E-state index is 11.7. The molecule has 16 heavy (non-hydrogen) atoms. The fourth-order valence-corrected chi connectivity index (χ4v) is 2.07. The standard InChI is InChI=1S/C12H16N2O2/c15-11-6-3-4-9(11)8-14-12(16)10-5-1-2-7-13-10/h1-2,5,7,9,11,15H,3-4,6,8H2,(H,14,16). The van der Waals surface area contributed by atoms with Crippen LogP contribution in [0.2, 0.25) is 0 Å². The molecule has 0 radical (unpaired) electrons. The van der Waals surface area contributed by atoms with Crippen LogP contribution in [-0.2, 0) is 0 Å². The van der Waals surface area contributed by atoms with Crippen molar-refractivity contribution in [1.82, 2.24) is 10.3 Å². The first kappa shape index (κ1) is 11.1. The summed E-state index contributed by atoms with van der Waals surface area (Å²) in [5.41, 5.74) is 0.426. The van der Waals surface area contributed by atoms with Crippen molar-refractivity contribution >= 4 is 5.91 Å². The van der Waals surface area contributed by atoms with Crippen molar-refractivity contribution in [3.63, 3.8) is 0 Å². The first-order chi connectivity index (χ1) is 7.77. The van der Waals surface area contributed by atoms with E-state index in [-0.39, 0.29) is 17.9 Å². The molecule has 0 spiro atoms. The van der Waals surface area contributed by atoms with Crippen LogP contribution in [-0.4, -0.2) is 28.6 Å². The first-order valence-electron chi connectivity index (χ1n) is 5.64. The summed E-state index contributed by atoms with van der Waals surface area (Å²) in [6.45, 7) is 0.538. The van der Waals surface area contributed by atoms with E-state index in [1.54, 1.807) is 24.4 Å². The molecule has 0 aliphatic heterocycles. The third-order valence-corrected chi connectivity index (χ3v) is 3.04. The Bertz CT molecular complexity index is 353. The molecule has 1 saturated carbocycles. The van der Waals surface area contributed by atoms with Crippen LogP contribution in [0, 0.1) is 5.92 Å². The monoisotopic (exact) mass is 220 g/mol. The SMILES string of the molecule is O=C(NCC1CCCC1O)c1ccccn1. The molecule has 2 rings (SSSR count). The first-order valence-corrected chi connectivity index (χ1v) is 5.64. The van der Waals surface area contributed by atoms with Crippen molar-refractivity contribution < 1.29 is 9.90 Å². The second-order valence-electron chi connectivity index (χ2n) is 4.18. The van der Waals surface area contributed by atoms with Gasteiger partial charge in [-0.1, -0.05) is 12.5 Å². The molecule has 2 N–H and O–H groups in total. The van der Waals surface area contributed by atoms with Gasteiger partial charge in [0, 0.05) is 18.7 Å². The smallest absolute Gasteiger partial charge is 0.269 e. The summed E-state index contributed by atoms with van der Waals surface area (Å²) in [7, 11) is 0. The molecule has 1 aliphatic carbocycles. The van der Waals surface area contributed by atoms with Gasteiger partial charge in [0.25, 0.3) is 5.91 Å². The van der Waals surface area contributed by atoms with Crippen LogP contribution in [0.15, 0.2) is 24.4 Å². The summed E-state index contributed by atoms with van der Waals surface area (Å²) in [5.74, 6) is 0.0346. The van der Waals surface area contributed by atoms with Crippen LogP contribution in [0.4, 0.5) is 0 Å². The molecule has 4 heteroatoms. The molecule has 1 aromatic rings. The number of nitrogens with one attached hydrogen (secondary N) is 1. The van der Waals surface area contributed by atoms with Crippen LogP contribution < -0.4 is 5.32 Å². The summed E-state index contributed by atoms with van der Waals surface area (Å²) >= 11 is 0. The fourth-order valence-electron chi connectivity index (χ4n) is 2.07. The summed E-state index contributed by atoms with van der Waals surface area (Å²) in [4.78, 5) is 15.6. The zero-order valence-corrected chi connectivity index (χ0v) is 9.10. The lowest BCUT2D eigenvalue weighted by Gasteiger charge is -2.14. The van der Waals surface area contributed by atoms with E-state index in [4.69, 9.17) is 0 Å². The van der Waals surface area contributed by atoms with Gasteiger partial charge in [0.15, 0.2) is 0 Å². The lowest BCUT2D eigenvalue weighted by molar-refractivity contribution is 0.0912. The molecule has 1 amide bonds. The van der Waals surface area contributed by atoms with Gasteiger partial charge in [0.05, 0.1) is 6.10 Å². The molecule has 1 aliphatic rings. The van der Waals surface area contributed by atoms with E-state index < -0.39 is 0 Å². The van der Waals surface area contributed by atoms with E-state index in [9.17, 15) is 9.90 Å². The highest BCUT2D eigenvalue weighted by Crippen LogP contribution is 2.24. The minimum absolute atomic E-state index is 0.167. The Balaban J connectivity index is 1.84. The van der Waals surface area contributed by atoms with Crippen molar-refractivity contribution in [3.05, 3.63) is 30.1 Å². The van der Waals surface area contributed by atoms with Crippen LogP contribution >= 0.6 is 0 Å². The predicted molar refractivity (Wildman–Crippen MR) is 59.9 cm³/mol. The molecule has 1 heterocycles. The fraction of sp³-hybridized carbons (Fsp3) is 0.500. The maximum atomic E-state index is 11.7. The lowest BCUT2D eigenvalue weighted by atomic mass is 10.1. The Morgan fingerprint density at radius 3 is 3.00 bits per heavy atom. The highest BCUT2D eigenvalue weighted by molar-refractivity contribution is 5.92. The molecule has 2 unspecified atom stereocenters. The average molecular weight is 220 g/mol. The molecule has 0 bridgehead atoms. The van der Waals surface area contributed by atoms with Crippen molar-refractivity contribution in [1.29, 1.82) is 0 Å². The highest BCUT2D eigenvalue weighted by Gasteiger charge is 2.25. The van der Waals surface area contributed by atoms with Gasteiger partial charge in [-0.3, -0.25) is 9.78 Å². The minimum Gasteiger partial charge on any atom is -0.393 e. The molecule has 86 valence electrons. The predicted octanol–water partition coefficient (Wildman–Crippen LogP) is 0.972. The molecule has 0 aromatic carbocycles. The van der Waals surface area contributed by atoms with Gasteiger partial charge in [0.1, 0.15) is 5.69 Å². The zero-order chi connectivity index (χ0) is 11.4. The van der Waals surface area contributed by atoms with E-state index in [0.717, 1.165) is 19.3 Å². The third kappa shape index (κ3) is 2.58. The third-order valence-electron chi connectivity index (χ3n) is 3.04. The maximum Gasteiger partial charge on any atom is 0.269 e. The Kier molecular flexibility index (Phi) is 3.51. The molecule has 1 fully saturated rings. The zero-order valence-electron chi connectivity index (χ0n) is 9.10. The number of pyridine rings is 1. The van der Waals surface area contributed by atoms with Gasteiger partial charge in [-0.2, -0.15) is 0 Å². The van der Waals surface area contributed by atoms with Crippen LogP contribution in [0.3, 0.4) is 0 Å². The number of hydrogen-bond acceptors (Lipinski definition) is 3. The number of carbonyl (C=O) groups excluding carboxylic acids is 1. The van der Waals surface area contributed by atoms with Gasteiger partial charge < -0.3 is 10.4 Å². The average Bonchev–Trinajstić information content (AvgIpc) is 2.73. The Hall–Kier alpha value is -1.42. The van der Waals surface area contributed by atoms with Crippen molar-refractivity contribution in [2.24, 2.45) is 5.92 Å². The summed E-state index contributed by atoms with van der Waals surface area (Å²) in [6, 6.07) is 5.24. The van der Waals surface area contributed by atoms with E-state index in [0.29, 0.717) is 12.2 Å². The number of aromatic nitrogens is 1. The Morgan fingerprint density at radius 1 is 1.50 bits per heavy atom. The van der Waals surface area contributed by atoms with Gasteiger partial charge in [0.2, 0.25) is 0 Å².